The fourth-order valence-corrected chi connectivity index (χ4v) is 4.68. The van der Waals surface area contributed by atoms with E-state index in [0.29, 0.717) is 23.7 Å². The molecular formula is C17H28N2O3S. The van der Waals surface area contributed by atoms with E-state index in [-0.39, 0.29) is 5.92 Å². The van der Waals surface area contributed by atoms with E-state index < -0.39 is 10.0 Å². The van der Waals surface area contributed by atoms with Crippen molar-refractivity contribution >= 4 is 10.0 Å². The number of hydrogen-bond acceptors (Lipinski definition) is 4. The lowest BCUT2D eigenvalue weighted by Crippen LogP contribution is -2.48. The molecule has 23 heavy (non-hydrogen) atoms. The molecule has 1 aromatic rings. The minimum Gasteiger partial charge on any atom is -0.495 e. The average molecular weight is 340 g/mol. The first-order valence-electron chi connectivity index (χ1n) is 8.22. The van der Waals surface area contributed by atoms with Crippen LogP contribution >= 0.6 is 0 Å². The Morgan fingerprint density at radius 3 is 2.26 bits per heavy atom. The van der Waals surface area contributed by atoms with Crippen molar-refractivity contribution < 1.29 is 13.2 Å². The molecule has 130 valence electrons. The van der Waals surface area contributed by atoms with Crippen molar-refractivity contribution in [2.45, 2.75) is 38.5 Å². The van der Waals surface area contributed by atoms with Crippen molar-refractivity contribution in [1.29, 1.82) is 0 Å². The van der Waals surface area contributed by atoms with Gasteiger partial charge in [-0.25, -0.2) is 8.42 Å². The van der Waals surface area contributed by atoms with Crippen molar-refractivity contribution in [3.05, 3.63) is 23.3 Å². The van der Waals surface area contributed by atoms with E-state index in [2.05, 4.69) is 25.7 Å². The molecule has 0 bridgehead atoms. The Balaban J connectivity index is 2.41. The van der Waals surface area contributed by atoms with Gasteiger partial charge in [-0.05, 0) is 42.6 Å². The monoisotopic (exact) mass is 340 g/mol. The third-order valence-corrected chi connectivity index (χ3v) is 6.49. The van der Waals surface area contributed by atoms with Crippen molar-refractivity contribution in [1.82, 2.24) is 9.21 Å². The number of benzene rings is 1. The highest BCUT2D eigenvalue weighted by atomic mass is 32.2. The molecule has 0 saturated carbocycles. The molecule has 5 nitrogen and oxygen atoms in total. The van der Waals surface area contributed by atoms with Crippen LogP contribution in [0.15, 0.2) is 17.0 Å². The van der Waals surface area contributed by atoms with Gasteiger partial charge in [-0.1, -0.05) is 20.8 Å². The van der Waals surface area contributed by atoms with E-state index in [1.807, 2.05) is 13.0 Å². The zero-order valence-corrected chi connectivity index (χ0v) is 15.6. The van der Waals surface area contributed by atoms with E-state index in [1.165, 1.54) is 7.11 Å². The molecule has 1 saturated heterocycles. The molecule has 1 fully saturated rings. The summed E-state index contributed by atoms with van der Waals surface area (Å²) in [7, 11) is -2.00. The first kappa shape index (κ1) is 18.2. The predicted octanol–water partition coefficient (Wildman–Crippen LogP) is 2.45. The Kier molecular flexibility index (Phi) is 5.70. The fourth-order valence-electron chi connectivity index (χ4n) is 3.09. The van der Waals surface area contributed by atoms with Gasteiger partial charge in [0, 0.05) is 26.2 Å². The standard InChI is InChI=1S/C17H28N2O3S/c1-6-18-7-9-19(10-8-18)23(20,21)17-12-15(13(2)3)14(4)11-16(17)22-5/h11-13H,6-10H2,1-5H3. The first-order valence-corrected chi connectivity index (χ1v) is 9.66. The summed E-state index contributed by atoms with van der Waals surface area (Å²) < 4.78 is 33.1. The molecule has 0 radical (unpaired) electrons. The summed E-state index contributed by atoms with van der Waals surface area (Å²) in [4.78, 5) is 2.55. The van der Waals surface area contributed by atoms with E-state index in [1.54, 1.807) is 10.4 Å². The zero-order valence-electron chi connectivity index (χ0n) is 14.8. The topological polar surface area (TPSA) is 49.9 Å². The van der Waals surface area contributed by atoms with Crippen LogP contribution in [-0.2, 0) is 10.0 Å². The smallest absolute Gasteiger partial charge is 0.246 e. The zero-order chi connectivity index (χ0) is 17.2. The molecule has 0 amide bonds. The lowest BCUT2D eigenvalue weighted by atomic mass is 9.98. The molecule has 0 atom stereocenters. The van der Waals surface area contributed by atoms with Gasteiger partial charge in [0.15, 0.2) is 0 Å². The maximum absolute atomic E-state index is 13.1. The quantitative estimate of drug-likeness (QED) is 0.826. The summed E-state index contributed by atoms with van der Waals surface area (Å²) in [5.41, 5.74) is 2.11. The lowest BCUT2D eigenvalue weighted by Gasteiger charge is -2.33. The molecule has 0 N–H and O–H groups in total. The highest BCUT2D eigenvalue weighted by Gasteiger charge is 2.31. The van der Waals surface area contributed by atoms with Crippen LogP contribution in [0.3, 0.4) is 0 Å². The number of sulfonamides is 1. The number of rotatable bonds is 5. The third-order valence-electron chi connectivity index (χ3n) is 4.57. The summed E-state index contributed by atoms with van der Waals surface area (Å²) in [6.45, 7) is 11.8. The Morgan fingerprint density at radius 2 is 1.78 bits per heavy atom. The maximum Gasteiger partial charge on any atom is 0.246 e. The van der Waals surface area contributed by atoms with E-state index in [4.69, 9.17) is 4.74 Å². The second-order valence-corrected chi connectivity index (χ2v) is 8.26. The number of nitrogens with zero attached hydrogens (tertiary/aromatic N) is 2. The predicted molar refractivity (Wildman–Crippen MR) is 92.7 cm³/mol. The molecular weight excluding hydrogens is 312 g/mol. The summed E-state index contributed by atoms with van der Waals surface area (Å²) in [5, 5.41) is 0. The van der Waals surface area contributed by atoms with E-state index in [0.717, 1.165) is 30.8 Å². The lowest BCUT2D eigenvalue weighted by molar-refractivity contribution is 0.196. The fraction of sp³-hybridized carbons (Fsp3) is 0.647. The first-order chi connectivity index (χ1) is 10.8. The van der Waals surface area contributed by atoms with Gasteiger partial charge in [0.25, 0.3) is 0 Å². The SMILES string of the molecule is CCN1CCN(S(=O)(=O)c2cc(C(C)C)c(C)cc2OC)CC1. The minimum absolute atomic E-state index is 0.270. The van der Waals surface area contributed by atoms with Crippen LogP contribution in [0.4, 0.5) is 0 Å². The molecule has 0 unspecified atom stereocenters. The van der Waals surface area contributed by atoms with Crippen LogP contribution in [0.25, 0.3) is 0 Å². The van der Waals surface area contributed by atoms with Crippen LogP contribution in [-0.4, -0.2) is 57.5 Å². The summed E-state index contributed by atoms with van der Waals surface area (Å²) in [6, 6.07) is 3.63. The average Bonchev–Trinajstić information content (AvgIpc) is 2.53. The van der Waals surface area contributed by atoms with Crippen LogP contribution in [0, 0.1) is 6.92 Å². The van der Waals surface area contributed by atoms with Crippen molar-refractivity contribution in [2.75, 3.05) is 39.8 Å². The number of piperazine rings is 1. The van der Waals surface area contributed by atoms with E-state index in [9.17, 15) is 8.42 Å². The molecule has 6 heteroatoms. The number of likely N-dealkylation sites (N-methyl/N-ethyl adjacent to an activating group) is 1. The van der Waals surface area contributed by atoms with Crippen molar-refractivity contribution in [3.8, 4) is 5.75 Å². The molecule has 0 aromatic heterocycles. The maximum atomic E-state index is 13.1. The number of ether oxygens (including phenoxy) is 1. The van der Waals surface area contributed by atoms with Gasteiger partial charge in [0.05, 0.1) is 7.11 Å². The van der Waals surface area contributed by atoms with Gasteiger partial charge in [0.2, 0.25) is 10.0 Å². The van der Waals surface area contributed by atoms with Gasteiger partial charge >= 0.3 is 0 Å². The van der Waals surface area contributed by atoms with Gasteiger partial charge in [-0.2, -0.15) is 4.31 Å². The summed E-state index contributed by atoms with van der Waals surface area (Å²) in [6.07, 6.45) is 0. The number of hydrogen-bond donors (Lipinski definition) is 0. The summed E-state index contributed by atoms with van der Waals surface area (Å²) in [5.74, 6) is 0.705. The third kappa shape index (κ3) is 3.70. The highest BCUT2D eigenvalue weighted by Crippen LogP contribution is 2.33. The summed E-state index contributed by atoms with van der Waals surface area (Å²) >= 11 is 0. The molecule has 2 rings (SSSR count). The van der Waals surface area contributed by atoms with Crippen LogP contribution < -0.4 is 4.74 Å². The molecule has 1 aromatic carbocycles. The number of aryl methyl sites for hydroxylation is 1. The minimum atomic E-state index is -3.53. The molecule has 0 aliphatic carbocycles. The molecule has 1 aliphatic heterocycles. The highest BCUT2D eigenvalue weighted by molar-refractivity contribution is 7.89. The molecule has 1 aliphatic rings. The second kappa shape index (κ2) is 7.20. The van der Waals surface area contributed by atoms with Crippen molar-refractivity contribution in [2.24, 2.45) is 0 Å². The number of methoxy groups -OCH3 is 1. The second-order valence-electron chi connectivity index (χ2n) is 6.35. The van der Waals surface area contributed by atoms with Gasteiger partial charge in [-0.3, -0.25) is 0 Å². The molecule has 1 heterocycles. The Hall–Kier alpha value is -1.11. The Morgan fingerprint density at radius 1 is 1.17 bits per heavy atom. The van der Waals surface area contributed by atoms with Crippen LogP contribution in [0.2, 0.25) is 0 Å². The molecule has 0 spiro atoms. The van der Waals surface area contributed by atoms with Gasteiger partial charge in [0.1, 0.15) is 10.6 Å². The van der Waals surface area contributed by atoms with Gasteiger partial charge < -0.3 is 9.64 Å². The van der Waals surface area contributed by atoms with Crippen molar-refractivity contribution in [3.63, 3.8) is 0 Å². The van der Waals surface area contributed by atoms with E-state index >= 15 is 0 Å². The normalized spacial score (nSPS) is 17.7. The van der Waals surface area contributed by atoms with Gasteiger partial charge in [-0.15, -0.1) is 0 Å². The van der Waals surface area contributed by atoms with Crippen LogP contribution in [0.5, 0.6) is 5.75 Å². The Labute approximate surface area is 140 Å². The Bertz CT molecular complexity index is 648. The largest absolute Gasteiger partial charge is 0.495 e. The van der Waals surface area contributed by atoms with Crippen LogP contribution in [0.1, 0.15) is 37.8 Å².